The van der Waals surface area contributed by atoms with Crippen LogP contribution in [-0.2, 0) is 19.1 Å². The summed E-state index contributed by atoms with van der Waals surface area (Å²) in [5.41, 5.74) is -1.58. The Morgan fingerprint density at radius 3 is 1.33 bits per heavy atom. The van der Waals surface area contributed by atoms with Gasteiger partial charge in [0.1, 0.15) is 0 Å². The Morgan fingerprint density at radius 2 is 1.04 bits per heavy atom. The second kappa shape index (κ2) is 8.25. The zero-order valence-electron chi connectivity index (χ0n) is 14.3. The number of carbonyl (C=O) groups is 2. The molecule has 2 rings (SSSR count). The summed E-state index contributed by atoms with van der Waals surface area (Å²) in [5, 5.41) is 0. The minimum Gasteiger partial charge on any atom is -0.446 e. The monoisotopic (exact) mass is 330 g/mol. The van der Waals surface area contributed by atoms with Crippen molar-refractivity contribution in [1.29, 1.82) is 0 Å². The first kappa shape index (κ1) is 18.4. The van der Waals surface area contributed by atoms with Crippen LogP contribution in [0.5, 0.6) is 0 Å². The maximum Gasteiger partial charge on any atom is 0.307 e. The molecular formula is C20H26O4. The Kier molecular flexibility index (Phi) is 6.32. The average Bonchev–Trinajstić information content (AvgIpc) is 2.61. The fourth-order valence-electron chi connectivity index (χ4n) is 3.54. The summed E-state index contributed by atoms with van der Waals surface area (Å²) in [5.74, 6) is 4.38. The number of ether oxygens (including phenoxy) is 2. The van der Waals surface area contributed by atoms with Crippen molar-refractivity contribution in [3.8, 4) is 24.7 Å². The fourth-order valence-corrected chi connectivity index (χ4v) is 3.54. The van der Waals surface area contributed by atoms with Crippen molar-refractivity contribution in [2.75, 3.05) is 0 Å². The van der Waals surface area contributed by atoms with Crippen molar-refractivity contribution in [2.24, 2.45) is 0 Å². The lowest BCUT2D eigenvalue weighted by molar-refractivity contribution is -0.163. The van der Waals surface area contributed by atoms with Gasteiger partial charge in [-0.25, -0.2) is 0 Å². The van der Waals surface area contributed by atoms with Crippen LogP contribution in [0.4, 0.5) is 0 Å². The molecule has 2 saturated carbocycles. The first-order chi connectivity index (χ1) is 11.5. The lowest BCUT2D eigenvalue weighted by Gasteiger charge is -2.32. The SMILES string of the molecule is C#CC1(OC(=O)CCC(=O)OC2(C#C)CCCCC2)CCCCC1. The Balaban J connectivity index is 1.79. The second-order valence-corrected chi connectivity index (χ2v) is 6.85. The van der Waals surface area contributed by atoms with Gasteiger partial charge in [-0.3, -0.25) is 9.59 Å². The first-order valence-corrected chi connectivity index (χ1v) is 8.92. The van der Waals surface area contributed by atoms with Crippen LogP contribution < -0.4 is 0 Å². The molecule has 0 amide bonds. The van der Waals surface area contributed by atoms with E-state index in [1.807, 2.05) is 0 Å². The van der Waals surface area contributed by atoms with E-state index < -0.39 is 23.1 Å². The van der Waals surface area contributed by atoms with Gasteiger partial charge < -0.3 is 9.47 Å². The molecular weight excluding hydrogens is 304 g/mol. The van der Waals surface area contributed by atoms with Crippen molar-refractivity contribution < 1.29 is 19.1 Å². The predicted octanol–water partition coefficient (Wildman–Crippen LogP) is 3.53. The van der Waals surface area contributed by atoms with Crippen LogP contribution in [0.1, 0.15) is 77.0 Å². The van der Waals surface area contributed by atoms with Crippen LogP contribution in [0.15, 0.2) is 0 Å². The van der Waals surface area contributed by atoms with Gasteiger partial charge in [0.05, 0.1) is 12.8 Å². The molecule has 0 spiro atoms. The third-order valence-electron chi connectivity index (χ3n) is 5.00. The third-order valence-corrected chi connectivity index (χ3v) is 5.00. The lowest BCUT2D eigenvalue weighted by Crippen LogP contribution is -2.37. The molecule has 0 N–H and O–H groups in total. The zero-order chi connectivity index (χ0) is 17.5. The molecule has 2 aliphatic carbocycles. The highest BCUT2D eigenvalue weighted by atomic mass is 16.6. The van der Waals surface area contributed by atoms with E-state index in [0.717, 1.165) is 38.5 Å². The summed E-state index contributed by atoms with van der Waals surface area (Å²) < 4.78 is 11.0. The molecule has 0 aromatic heterocycles. The minimum atomic E-state index is -0.789. The van der Waals surface area contributed by atoms with Gasteiger partial charge in [-0.2, -0.15) is 0 Å². The number of rotatable bonds is 5. The number of terminal acetylenes is 2. The molecule has 0 unspecified atom stereocenters. The standard InChI is InChI=1S/C20H26O4/c1-3-19(13-7-5-8-14-19)23-17(21)11-12-18(22)24-20(4-2)15-9-6-10-16-20/h1-2H,5-16H2. The van der Waals surface area contributed by atoms with Crippen molar-refractivity contribution in [3.05, 3.63) is 0 Å². The molecule has 0 heterocycles. The van der Waals surface area contributed by atoms with E-state index in [1.165, 1.54) is 0 Å². The molecule has 0 bridgehead atoms. The van der Waals surface area contributed by atoms with E-state index in [4.69, 9.17) is 22.3 Å². The molecule has 0 saturated heterocycles. The van der Waals surface area contributed by atoms with E-state index in [0.29, 0.717) is 25.7 Å². The van der Waals surface area contributed by atoms with Crippen LogP contribution in [0.25, 0.3) is 0 Å². The molecule has 2 aliphatic rings. The third kappa shape index (κ3) is 4.78. The van der Waals surface area contributed by atoms with E-state index in [9.17, 15) is 9.59 Å². The summed E-state index contributed by atoms with van der Waals surface area (Å²) in [4.78, 5) is 24.1. The normalized spacial score (nSPS) is 21.8. The highest BCUT2D eigenvalue weighted by Crippen LogP contribution is 2.33. The molecule has 0 aliphatic heterocycles. The van der Waals surface area contributed by atoms with Crippen molar-refractivity contribution in [3.63, 3.8) is 0 Å². The van der Waals surface area contributed by atoms with E-state index >= 15 is 0 Å². The van der Waals surface area contributed by atoms with Crippen LogP contribution in [0.3, 0.4) is 0 Å². The molecule has 0 aromatic rings. The van der Waals surface area contributed by atoms with Gasteiger partial charge >= 0.3 is 11.9 Å². The summed E-state index contributed by atoms with van der Waals surface area (Å²) in [6, 6.07) is 0. The van der Waals surface area contributed by atoms with Crippen LogP contribution in [-0.4, -0.2) is 23.1 Å². The molecule has 24 heavy (non-hydrogen) atoms. The largest absolute Gasteiger partial charge is 0.446 e. The molecule has 4 nitrogen and oxygen atoms in total. The van der Waals surface area contributed by atoms with Gasteiger partial charge in [-0.1, -0.05) is 24.7 Å². The first-order valence-electron chi connectivity index (χ1n) is 8.92. The summed E-state index contributed by atoms with van der Waals surface area (Å²) >= 11 is 0. The molecule has 2 fully saturated rings. The fraction of sp³-hybridized carbons (Fsp3) is 0.700. The number of hydrogen-bond donors (Lipinski definition) is 0. The summed E-state index contributed by atoms with van der Waals surface area (Å²) in [7, 11) is 0. The van der Waals surface area contributed by atoms with Gasteiger partial charge in [0.15, 0.2) is 11.2 Å². The summed E-state index contributed by atoms with van der Waals surface area (Å²) in [6.45, 7) is 0. The van der Waals surface area contributed by atoms with Gasteiger partial charge in [0.25, 0.3) is 0 Å². The van der Waals surface area contributed by atoms with Crippen LogP contribution >= 0.6 is 0 Å². The van der Waals surface area contributed by atoms with Crippen molar-refractivity contribution in [2.45, 2.75) is 88.3 Å². The van der Waals surface area contributed by atoms with Crippen molar-refractivity contribution in [1.82, 2.24) is 0 Å². The quantitative estimate of drug-likeness (QED) is 0.572. The molecule has 0 radical (unpaired) electrons. The Hall–Kier alpha value is -1.94. The highest BCUT2D eigenvalue weighted by molar-refractivity contribution is 5.78. The Morgan fingerprint density at radius 1 is 0.708 bits per heavy atom. The summed E-state index contributed by atoms with van der Waals surface area (Å²) in [6.07, 6.45) is 19.9. The number of carbonyl (C=O) groups excluding carboxylic acids is 2. The Labute approximate surface area is 144 Å². The zero-order valence-corrected chi connectivity index (χ0v) is 14.3. The smallest absolute Gasteiger partial charge is 0.307 e. The van der Waals surface area contributed by atoms with Gasteiger partial charge in [-0.15, -0.1) is 12.8 Å². The van der Waals surface area contributed by atoms with E-state index in [-0.39, 0.29) is 12.8 Å². The maximum atomic E-state index is 12.1. The Bertz CT molecular complexity index is 487. The molecule has 0 aromatic carbocycles. The number of esters is 2. The predicted molar refractivity (Wildman–Crippen MR) is 90.7 cm³/mol. The molecule has 0 atom stereocenters. The second-order valence-electron chi connectivity index (χ2n) is 6.85. The van der Waals surface area contributed by atoms with Gasteiger partial charge in [0.2, 0.25) is 0 Å². The van der Waals surface area contributed by atoms with E-state index in [2.05, 4.69) is 11.8 Å². The molecule has 4 heteroatoms. The maximum absolute atomic E-state index is 12.1. The minimum absolute atomic E-state index is 0.0249. The van der Waals surface area contributed by atoms with Crippen molar-refractivity contribution >= 4 is 11.9 Å². The van der Waals surface area contributed by atoms with Crippen LogP contribution in [0.2, 0.25) is 0 Å². The topological polar surface area (TPSA) is 52.6 Å². The average molecular weight is 330 g/mol. The van der Waals surface area contributed by atoms with Gasteiger partial charge in [-0.05, 0) is 51.4 Å². The van der Waals surface area contributed by atoms with E-state index in [1.54, 1.807) is 0 Å². The molecule has 130 valence electrons. The van der Waals surface area contributed by atoms with Gasteiger partial charge in [0, 0.05) is 0 Å². The van der Waals surface area contributed by atoms with Crippen LogP contribution in [0, 0.1) is 24.7 Å². The highest BCUT2D eigenvalue weighted by Gasteiger charge is 2.35. The lowest BCUT2D eigenvalue weighted by atomic mass is 9.85. The number of hydrogen-bond acceptors (Lipinski definition) is 4.